The molecular formula is C13H13BrF2N2O2S. The molecule has 4 N–H and O–H groups in total. The van der Waals surface area contributed by atoms with Crippen LogP contribution in [0.15, 0.2) is 45.8 Å². The average Bonchev–Trinajstić information content (AvgIpc) is 2.38. The second-order valence-electron chi connectivity index (χ2n) is 4.07. The zero-order chi connectivity index (χ0) is 16.2. The number of hydrogen-bond acceptors (Lipinski definition) is 4. The Bertz CT molecular complexity index is 732. The normalized spacial score (nSPS) is 10.7. The molecule has 0 aliphatic carbocycles. The van der Waals surface area contributed by atoms with E-state index in [-0.39, 0.29) is 16.3 Å². The molecule has 2 rings (SSSR count). The van der Waals surface area contributed by atoms with Crippen molar-refractivity contribution in [2.75, 3.05) is 17.7 Å². The van der Waals surface area contributed by atoms with Gasteiger partial charge in [0.15, 0.2) is 21.5 Å². The first kappa shape index (κ1) is 17.4. The van der Waals surface area contributed by atoms with Gasteiger partial charge in [-0.25, -0.2) is 17.2 Å². The summed E-state index contributed by atoms with van der Waals surface area (Å²) in [6, 6.07) is 8.69. The number of benzene rings is 2. The van der Waals surface area contributed by atoms with Crippen molar-refractivity contribution in [3.8, 4) is 0 Å². The molecule has 0 unspecified atom stereocenters. The van der Waals surface area contributed by atoms with Crippen LogP contribution in [-0.4, -0.2) is 14.7 Å². The fourth-order valence-electron chi connectivity index (χ4n) is 1.33. The van der Waals surface area contributed by atoms with Crippen molar-refractivity contribution in [2.45, 2.75) is 4.90 Å². The maximum atomic E-state index is 13.0. The van der Waals surface area contributed by atoms with E-state index >= 15 is 0 Å². The van der Waals surface area contributed by atoms with Gasteiger partial charge < -0.3 is 11.5 Å². The highest BCUT2D eigenvalue weighted by Gasteiger charge is 2.14. The lowest BCUT2D eigenvalue weighted by atomic mass is 10.3. The van der Waals surface area contributed by atoms with Gasteiger partial charge in [-0.3, -0.25) is 0 Å². The van der Waals surface area contributed by atoms with Gasteiger partial charge in [-0.05, 0) is 40.2 Å². The van der Waals surface area contributed by atoms with Gasteiger partial charge in [0.2, 0.25) is 0 Å². The summed E-state index contributed by atoms with van der Waals surface area (Å²) < 4.78 is 47.8. The van der Waals surface area contributed by atoms with E-state index in [2.05, 4.69) is 15.9 Å². The molecule has 0 saturated carbocycles. The van der Waals surface area contributed by atoms with Gasteiger partial charge in [-0.2, -0.15) is 0 Å². The maximum absolute atomic E-state index is 13.0. The van der Waals surface area contributed by atoms with Gasteiger partial charge in [0.05, 0.1) is 15.8 Å². The summed E-state index contributed by atoms with van der Waals surface area (Å²) in [7, 11) is -3.51. The number of sulfone groups is 1. The van der Waals surface area contributed by atoms with E-state index in [4.69, 9.17) is 11.5 Å². The van der Waals surface area contributed by atoms with Crippen molar-refractivity contribution in [2.24, 2.45) is 0 Å². The molecule has 0 radical (unpaired) electrons. The highest BCUT2D eigenvalue weighted by molar-refractivity contribution is 9.10. The summed E-state index contributed by atoms with van der Waals surface area (Å²) in [5.41, 5.74) is 10.4. The molecule has 114 valence electrons. The average molecular weight is 379 g/mol. The molecule has 0 bridgehead atoms. The van der Waals surface area contributed by atoms with E-state index in [9.17, 15) is 17.2 Å². The highest BCUT2D eigenvalue weighted by Crippen LogP contribution is 2.19. The van der Waals surface area contributed by atoms with Crippen LogP contribution in [0.5, 0.6) is 0 Å². The third-order valence-electron chi connectivity index (χ3n) is 2.37. The van der Waals surface area contributed by atoms with Crippen molar-refractivity contribution in [1.82, 2.24) is 0 Å². The summed E-state index contributed by atoms with van der Waals surface area (Å²) in [5.74, 6) is -1.27. The zero-order valence-corrected chi connectivity index (χ0v) is 13.4. The van der Waals surface area contributed by atoms with Crippen LogP contribution < -0.4 is 11.5 Å². The van der Waals surface area contributed by atoms with E-state index in [1.807, 2.05) is 0 Å². The molecule has 0 atom stereocenters. The number of halogens is 3. The van der Waals surface area contributed by atoms with Gasteiger partial charge in [-0.15, -0.1) is 0 Å². The SMILES string of the molecule is CS(=O)(=O)c1cccc(N)c1F.Nc1cccc(Br)c1F. The van der Waals surface area contributed by atoms with E-state index in [1.165, 1.54) is 24.3 Å². The fraction of sp³-hybridized carbons (Fsp3) is 0.0769. The van der Waals surface area contributed by atoms with Gasteiger partial charge >= 0.3 is 0 Å². The Kier molecular flexibility index (Phi) is 5.68. The summed E-state index contributed by atoms with van der Waals surface area (Å²) in [6.45, 7) is 0. The summed E-state index contributed by atoms with van der Waals surface area (Å²) in [5, 5.41) is 0. The standard InChI is InChI=1S/C7H8FNO2S.C6H5BrFN/c1-12(10,11)6-4-2-3-5(9)7(6)8;7-4-2-1-3-5(9)6(4)8/h2-4H,9H2,1H3;1-3H,9H2. The second-order valence-corrected chi connectivity index (χ2v) is 6.91. The molecule has 0 saturated heterocycles. The van der Waals surface area contributed by atoms with Crippen molar-refractivity contribution >= 4 is 37.1 Å². The van der Waals surface area contributed by atoms with Gasteiger partial charge in [0.25, 0.3) is 0 Å². The van der Waals surface area contributed by atoms with E-state index in [0.717, 1.165) is 6.26 Å². The van der Waals surface area contributed by atoms with Crippen LogP contribution in [-0.2, 0) is 9.84 Å². The van der Waals surface area contributed by atoms with E-state index in [0.29, 0.717) is 4.47 Å². The fourth-order valence-corrected chi connectivity index (χ4v) is 2.49. The predicted molar refractivity (Wildman–Crippen MR) is 82.4 cm³/mol. The summed E-state index contributed by atoms with van der Waals surface area (Å²) >= 11 is 2.99. The zero-order valence-electron chi connectivity index (χ0n) is 11.0. The number of hydrogen-bond donors (Lipinski definition) is 2. The monoisotopic (exact) mass is 378 g/mol. The Morgan fingerprint density at radius 1 is 0.952 bits per heavy atom. The van der Waals surface area contributed by atoms with Gasteiger partial charge in [0.1, 0.15) is 4.90 Å². The molecule has 2 aromatic rings. The molecule has 0 aromatic heterocycles. The minimum atomic E-state index is -3.51. The summed E-state index contributed by atoms with van der Waals surface area (Å²) in [6.07, 6.45) is 0.935. The molecule has 0 heterocycles. The Morgan fingerprint density at radius 2 is 1.43 bits per heavy atom. The van der Waals surface area contributed by atoms with Crippen LogP contribution in [0, 0.1) is 11.6 Å². The minimum Gasteiger partial charge on any atom is -0.396 e. The number of anilines is 2. The molecule has 0 spiro atoms. The maximum Gasteiger partial charge on any atom is 0.178 e. The molecule has 0 amide bonds. The lowest BCUT2D eigenvalue weighted by Gasteiger charge is -2.01. The quantitative estimate of drug-likeness (QED) is 0.746. The molecular weight excluding hydrogens is 366 g/mol. The number of nitrogens with two attached hydrogens (primary N) is 2. The molecule has 8 heteroatoms. The van der Waals surface area contributed by atoms with E-state index < -0.39 is 21.5 Å². The minimum absolute atomic E-state index is 0.155. The van der Waals surface area contributed by atoms with Crippen molar-refractivity contribution in [3.63, 3.8) is 0 Å². The van der Waals surface area contributed by atoms with Gasteiger partial charge in [0, 0.05) is 6.26 Å². The molecule has 0 aliphatic heterocycles. The van der Waals surface area contributed by atoms with Crippen LogP contribution in [0.4, 0.5) is 20.2 Å². The Morgan fingerprint density at radius 3 is 1.81 bits per heavy atom. The number of rotatable bonds is 1. The lowest BCUT2D eigenvalue weighted by Crippen LogP contribution is -2.03. The van der Waals surface area contributed by atoms with E-state index in [1.54, 1.807) is 12.1 Å². The van der Waals surface area contributed by atoms with Crippen LogP contribution >= 0.6 is 15.9 Å². The topological polar surface area (TPSA) is 86.2 Å². The smallest absolute Gasteiger partial charge is 0.178 e. The van der Waals surface area contributed by atoms with Crippen LogP contribution in [0.25, 0.3) is 0 Å². The second kappa shape index (κ2) is 6.86. The Balaban J connectivity index is 0.000000219. The Hall–Kier alpha value is -1.67. The highest BCUT2D eigenvalue weighted by atomic mass is 79.9. The van der Waals surface area contributed by atoms with Crippen molar-refractivity contribution < 1.29 is 17.2 Å². The van der Waals surface area contributed by atoms with Crippen molar-refractivity contribution in [1.29, 1.82) is 0 Å². The molecule has 0 fully saturated rings. The van der Waals surface area contributed by atoms with Crippen LogP contribution in [0.1, 0.15) is 0 Å². The molecule has 2 aromatic carbocycles. The molecule has 21 heavy (non-hydrogen) atoms. The first-order chi connectivity index (χ1) is 9.64. The largest absolute Gasteiger partial charge is 0.396 e. The number of nitrogen functional groups attached to an aromatic ring is 2. The third-order valence-corrected chi connectivity index (χ3v) is 4.10. The first-order valence-corrected chi connectivity index (χ1v) is 8.26. The summed E-state index contributed by atoms with van der Waals surface area (Å²) in [4.78, 5) is -0.359. The molecule has 0 aliphatic rings. The van der Waals surface area contributed by atoms with Crippen LogP contribution in [0.3, 0.4) is 0 Å². The lowest BCUT2D eigenvalue weighted by molar-refractivity contribution is 0.573. The molecule has 4 nitrogen and oxygen atoms in total. The predicted octanol–water partition coefficient (Wildman–Crippen LogP) is 2.98. The van der Waals surface area contributed by atoms with Crippen LogP contribution in [0.2, 0.25) is 0 Å². The Labute approximate surface area is 129 Å². The third kappa shape index (κ3) is 4.68. The van der Waals surface area contributed by atoms with Gasteiger partial charge in [-0.1, -0.05) is 12.1 Å². The van der Waals surface area contributed by atoms with Crippen molar-refractivity contribution in [3.05, 3.63) is 52.5 Å². The first-order valence-electron chi connectivity index (χ1n) is 5.58.